The number of rotatable bonds is 5. The zero-order chi connectivity index (χ0) is 19.4. The Morgan fingerprint density at radius 3 is 2.04 bits per heavy atom. The van der Waals surface area contributed by atoms with Crippen molar-refractivity contribution in [3.05, 3.63) is 114 Å². The van der Waals surface area contributed by atoms with Crippen molar-refractivity contribution in [2.75, 3.05) is 5.32 Å². The van der Waals surface area contributed by atoms with Gasteiger partial charge in [0.25, 0.3) is 0 Å². The van der Waals surface area contributed by atoms with Gasteiger partial charge in [0.2, 0.25) is 0 Å². The van der Waals surface area contributed by atoms with Gasteiger partial charge in [-0.1, -0.05) is 91.0 Å². The van der Waals surface area contributed by atoms with Gasteiger partial charge in [-0.15, -0.1) is 0 Å². The third-order valence-corrected chi connectivity index (χ3v) is 5.38. The Morgan fingerprint density at radius 2 is 1.36 bits per heavy atom. The van der Waals surface area contributed by atoms with E-state index in [4.69, 9.17) is 0 Å². The summed E-state index contributed by atoms with van der Waals surface area (Å²) in [4.78, 5) is 0. The molecule has 136 valence electrons. The highest BCUT2D eigenvalue weighted by Crippen LogP contribution is 2.39. The van der Waals surface area contributed by atoms with Crippen LogP contribution >= 0.6 is 0 Å². The van der Waals surface area contributed by atoms with Gasteiger partial charge in [-0.2, -0.15) is 5.26 Å². The molecule has 4 aromatic carbocycles. The first kappa shape index (κ1) is 17.8. The molecule has 4 rings (SSSR count). The number of hydrogen-bond donors (Lipinski definition) is 1. The number of fused-ring (bicyclic) bond motifs is 1. The summed E-state index contributed by atoms with van der Waals surface area (Å²) in [6.07, 6.45) is 0. The van der Waals surface area contributed by atoms with Gasteiger partial charge in [-0.3, -0.25) is 0 Å². The van der Waals surface area contributed by atoms with Crippen LogP contribution < -0.4 is 5.32 Å². The fourth-order valence-electron chi connectivity index (χ4n) is 3.73. The molecule has 4 aromatic rings. The molecule has 0 bridgehead atoms. The predicted molar refractivity (Wildman–Crippen MR) is 116 cm³/mol. The zero-order valence-electron chi connectivity index (χ0n) is 15.8. The van der Waals surface area contributed by atoms with Crippen molar-refractivity contribution >= 4 is 16.5 Å². The van der Waals surface area contributed by atoms with Crippen molar-refractivity contribution in [2.45, 2.75) is 18.4 Å². The molecule has 28 heavy (non-hydrogen) atoms. The van der Waals surface area contributed by atoms with E-state index in [0.717, 1.165) is 16.8 Å². The van der Waals surface area contributed by atoms with Gasteiger partial charge in [0, 0.05) is 5.69 Å². The van der Waals surface area contributed by atoms with E-state index >= 15 is 0 Å². The number of nitrogens with zero attached hydrogens (tertiary/aromatic N) is 1. The zero-order valence-corrected chi connectivity index (χ0v) is 15.8. The first-order valence-corrected chi connectivity index (χ1v) is 9.48. The highest BCUT2D eigenvalue weighted by atomic mass is 14.9. The van der Waals surface area contributed by atoms with Crippen molar-refractivity contribution in [3.63, 3.8) is 0 Å². The molecule has 0 aromatic heterocycles. The first-order valence-electron chi connectivity index (χ1n) is 9.48. The second kappa shape index (κ2) is 7.58. The third-order valence-electron chi connectivity index (χ3n) is 5.38. The molecule has 0 spiro atoms. The van der Waals surface area contributed by atoms with Crippen LogP contribution in [0.1, 0.15) is 24.1 Å². The van der Waals surface area contributed by atoms with Gasteiger partial charge in [0.15, 0.2) is 0 Å². The van der Waals surface area contributed by atoms with Crippen molar-refractivity contribution in [1.82, 2.24) is 0 Å². The second-order valence-corrected chi connectivity index (χ2v) is 7.23. The van der Waals surface area contributed by atoms with Gasteiger partial charge in [0.05, 0.1) is 12.1 Å². The molecule has 1 N–H and O–H groups in total. The van der Waals surface area contributed by atoms with E-state index in [0.29, 0.717) is 0 Å². The number of nitriles is 1. The topological polar surface area (TPSA) is 35.8 Å². The molecule has 0 aliphatic carbocycles. The van der Waals surface area contributed by atoms with Crippen LogP contribution in [0, 0.1) is 11.3 Å². The van der Waals surface area contributed by atoms with Crippen LogP contribution in [0.15, 0.2) is 103 Å². The number of benzene rings is 4. The molecule has 0 fully saturated rings. The minimum absolute atomic E-state index is 0.192. The van der Waals surface area contributed by atoms with Crippen LogP contribution in [-0.2, 0) is 5.41 Å². The lowest BCUT2D eigenvalue weighted by molar-refractivity contribution is 0.515. The summed E-state index contributed by atoms with van der Waals surface area (Å²) in [5.41, 5.74) is 2.36. The average molecular weight is 362 g/mol. The maximum Gasteiger partial charge on any atom is 0.104 e. The van der Waals surface area contributed by atoms with Gasteiger partial charge in [0.1, 0.15) is 5.41 Å². The third kappa shape index (κ3) is 3.35. The van der Waals surface area contributed by atoms with E-state index in [2.05, 4.69) is 53.9 Å². The minimum atomic E-state index is -0.728. The molecule has 0 saturated heterocycles. The Kier molecular flexibility index (Phi) is 4.83. The second-order valence-electron chi connectivity index (χ2n) is 7.23. The summed E-state index contributed by atoms with van der Waals surface area (Å²) in [7, 11) is 0. The van der Waals surface area contributed by atoms with E-state index in [9.17, 15) is 5.26 Å². The van der Waals surface area contributed by atoms with Crippen LogP contribution in [0.3, 0.4) is 0 Å². The summed E-state index contributed by atoms with van der Waals surface area (Å²) in [6, 6.07) is 37.3. The Hall–Kier alpha value is -3.57. The summed E-state index contributed by atoms with van der Waals surface area (Å²) >= 11 is 0. The fraction of sp³-hybridized carbons (Fsp3) is 0.115. The number of nitrogens with one attached hydrogen (secondary N) is 1. The van der Waals surface area contributed by atoms with E-state index in [1.54, 1.807) is 0 Å². The number of hydrogen-bond acceptors (Lipinski definition) is 2. The van der Waals surface area contributed by atoms with Gasteiger partial charge in [-0.25, -0.2) is 0 Å². The van der Waals surface area contributed by atoms with Crippen LogP contribution in [0.4, 0.5) is 5.69 Å². The molecule has 0 unspecified atom stereocenters. The van der Waals surface area contributed by atoms with Crippen LogP contribution in [-0.4, -0.2) is 0 Å². The number of anilines is 1. The van der Waals surface area contributed by atoms with Crippen LogP contribution in [0.5, 0.6) is 0 Å². The molecule has 0 aliphatic rings. The maximum absolute atomic E-state index is 10.2. The van der Waals surface area contributed by atoms with Gasteiger partial charge in [-0.05, 0) is 41.0 Å². The van der Waals surface area contributed by atoms with Crippen molar-refractivity contribution in [2.24, 2.45) is 0 Å². The molecular formula is C26H22N2. The van der Waals surface area contributed by atoms with E-state index < -0.39 is 5.41 Å². The quantitative estimate of drug-likeness (QED) is 0.441. The van der Waals surface area contributed by atoms with Crippen LogP contribution in [0.2, 0.25) is 0 Å². The Balaban J connectivity index is 1.80. The summed E-state index contributed by atoms with van der Waals surface area (Å²) in [5.74, 6) is 0. The first-order chi connectivity index (χ1) is 13.7. The summed E-state index contributed by atoms with van der Waals surface area (Å²) in [6.45, 7) is 2.01. The normalized spacial score (nSPS) is 14.0. The standard InChI is InChI=1S/C26H22N2/c1-26(19-27,23-14-6-3-7-15-23)25(21-11-4-2-5-12-21)28-24-17-16-20-10-8-9-13-22(20)18-24/h2-18,25,28H,1H3/t25-,26+/m0/s1. The lowest BCUT2D eigenvalue weighted by Gasteiger charge is -2.34. The lowest BCUT2D eigenvalue weighted by atomic mass is 9.74. The largest absolute Gasteiger partial charge is 0.376 e. The monoisotopic (exact) mass is 362 g/mol. The van der Waals surface area contributed by atoms with E-state index in [1.807, 2.05) is 67.6 Å². The molecule has 2 atom stereocenters. The molecule has 0 amide bonds. The molecule has 0 radical (unpaired) electrons. The van der Waals surface area contributed by atoms with Crippen molar-refractivity contribution in [3.8, 4) is 6.07 Å². The molecule has 0 aliphatic heterocycles. The van der Waals surface area contributed by atoms with E-state index in [1.165, 1.54) is 10.8 Å². The SMILES string of the molecule is C[C@@](C#N)(c1ccccc1)[C@@H](Nc1ccc2ccccc2c1)c1ccccc1. The van der Waals surface area contributed by atoms with Crippen molar-refractivity contribution in [1.29, 1.82) is 5.26 Å². The smallest absolute Gasteiger partial charge is 0.104 e. The fourth-order valence-corrected chi connectivity index (χ4v) is 3.73. The molecule has 2 heteroatoms. The Labute approximate surface area is 166 Å². The average Bonchev–Trinajstić information content (AvgIpc) is 2.78. The minimum Gasteiger partial charge on any atom is -0.376 e. The Bertz CT molecular complexity index is 1110. The maximum atomic E-state index is 10.2. The predicted octanol–water partition coefficient (Wildman–Crippen LogP) is 6.47. The highest BCUT2D eigenvalue weighted by Gasteiger charge is 2.37. The Morgan fingerprint density at radius 1 is 0.750 bits per heavy atom. The summed E-state index contributed by atoms with van der Waals surface area (Å²) < 4.78 is 0. The molecule has 0 saturated carbocycles. The summed E-state index contributed by atoms with van der Waals surface area (Å²) in [5, 5.41) is 16.3. The molecular weight excluding hydrogens is 340 g/mol. The lowest BCUT2D eigenvalue weighted by Crippen LogP contribution is -2.34. The van der Waals surface area contributed by atoms with Gasteiger partial charge < -0.3 is 5.32 Å². The van der Waals surface area contributed by atoms with Crippen molar-refractivity contribution < 1.29 is 0 Å². The van der Waals surface area contributed by atoms with Crippen LogP contribution in [0.25, 0.3) is 10.8 Å². The molecule has 0 heterocycles. The highest BCUT2D eigenvalue weighted by molar-refractivity contribution is 5.85. The van der Waals surface area contributed by atoms with Gasteiger partial charge >= 0.3 is 0 Å². The van der Waals surface area contributed by atoms with E-state index in [-0.39, 0.29) is 6.04 Å². The molecule has 2 nitrogen and oxygen atoms in total.